The van der Waals surface area contributed by atoms with Gasteiger partial charge in [0.2, 0.25) is 0 Å². The zero-order valence-corrected chi connectivity index (χ0v) is 8.99. The van der Waals surface area contributed by atoms with Crippen LogP contribution in [0, 0.1) is 0 Å². The Morgan fingerprint density at radius 3 is 2.43 bits per heavy atom. The molecule has 0 bridgehead atoms. The van der Waals surface area contributed by atoms with Gasteiger partial charge in [-0.1, -0.05) is 0 Å². The van der Waals surface area contributed by atoms with Gasteiger partial charge in [-0.2, -0.15) is 0 Å². The molecule has 2 atom stereocenters. The lowest BCUT2D eigenvalue weighted by Crippen LogP contribution is -2.35. The monoisotopic (exact) mass is 202 g/mol. The predicted octanol–water partition coefficient (Wildman–Crippen LogP) is 1.13. The quantitative estimate of drug-likeness (QED) is 0.643. The fraction of sp³-hybridized carbons (Fsp3) is 0.900. The second kappa shape index (κ2) is 5.32. The van der Waals surface area contributed by atoms with Gasteiger partial charge in [-0.25, -0.2) is 4.79 Å². The van der Waals surface area contributed by atoms with E-state index >= 15 is 0 Å². The van der Waals surface area contributed by atoms with Crippen molar-refractivity contribution in [3.8, 4) is 0 Å². The molecular weight excluding hydrogens is 184 g/mol. The van der Waals surface area contributed by atoms with Gasteiger partial charge in [0.15, 0.2) is 0 Å². The van der Waals surface area contributed by atoms with E-state index in [1.807, 2.05) is 13.8 Å². The van der Waals surface area contributed by atoms with E-state index < -0.39 is 0 Å². The van der Waals surface area contributed by atoms with Gasteiger partial charge < -0.3 is 14.2 Å². The molecule has 0 spiro atoms. The maximum atomic E-state index is 10.8. The molecule has 0 N–H and O–H groups in total. The van der Waals surface area contributed by atoms with E-state index in [9.17, 15) is 4.79 Å². The van der Waals surface area contributed by atoms with Crippen molar-refractivity contribution in [2.75, 3.05) is 13.7 Å². The van der Waals surface area contributed by atoms with Crippen molar-refractivity contribution in [3.05, 3.63) is 0 Å². The van der Waals surface area contributed by atoms with Crippen LogP contribution in [0.5, 0.6) is 0 Å². The van der Waals surface area contributed by atoms with E-state index in [-0.39, 0.29) is 30.9 Å². The van der Waals surface area contributed by atoms with Crippen molar-refractivity contribution in [1.29, 1.82) is 0 Å². The summed E-state index contributed by atoms with van der Waals surface area (Å²) >= 11 is 0. The molecule has 2 unspecified atom stereocenters. The summed E-state index contributed by atoms with van der Waals surface area (Å²) in [5, 5.41) is 0. The number of methoxy groups -OCH3 is 1. The van der Waals surface area contributed by atoms with E-state index in [4.69, 9.17) is 9.47 Å². The first-order chi connectivity index (χ1) is 6.61. The van der Waals surface area contributed by atoms with Crippen LogP contribution in [0.1, 0.15) is 26.7 Å². The number of carbonyl (C=O) groups is 1. The number of carbonyl (C=O) groups excluding carboxylic acids is 1. The van der Waals surface area contributed by atoms with Crippen molar-refractivity contribution in [1.82, 2.24) is 0 Å². The standard InChI is InChI=1S/C10H18O4/c1-7-4-9(5-8(2)14-7)13-6-10(11)12-3/h7-9H,4-6H2,1-3H3. The minimum absolute atomic E-state index is 0.0423. The molecule has 4 heteroatoms. The fourth-order valence-corrected chi connectivity index (χ4v) is 1.73. The maximum Gasteiger partial charge on any atom is 0.331 e. The molecule has 0 amide bonds. The second-order valence-corrected chi connectivity index (χ2v) is 3.74. The van der Waals surface area contributed by atoms with Crippen molar-refractivity contribution in [3.63, 3.8) is 0 Å². The first-order valence-electron chi connectivity index (χ1n) is 4.95. The highest BCUT2D eigenvalue weighted by molar-refractivity contribution is 5.70. The first kappa shape index (κ1) is 11.5. The average molecular weight is 202 g/mol. The Kier molecular flexibility index (Phi) is 4.35. The Hall–Kier alpha value is -0.610. The molecule has 1 rings (SSSR count). The molecule has 0 aromatic heterocycles. The molecule has 1 aliphatic rings. The van der Waals surface area contributed by atoms with E-state index in [1.54, 1.807) is 0 Å². The molecule has 1 fully saturated rings. The molecule has 0 saturated carbocycles. The zero-order valence-electron chi connectivity index (χ0n) is 8.99. The number of esters is 1. The van der Waals surface area contributed by atoms with Gasteiger partial charge in [0.25, 0.3) is 0 Å². The van der Waals surface area contributed by atoms with Crippen LogP contribution < -0.4 is 0 Å². The summed E-state index contributed by atoms with van der Waals surface area (Å²) in [4.78, 5) is 10.8. The van der Waals surface area contributed by atoms with Crippen LogP contribution in [0.15, 0.2) is 0 Å². The van der Waals surface area contributed by atoms with Gasteiger partial charge in [0, 0.05) is 0 Å². The summed E-state index contributed by atoms with van der Waals surface area (Å²) in [5.41, 5.74) is 0. The highest BCUT2D eigenvalue weighted by Crippen LogP contribution is 2.21. The van der Waals surface area contributed by atoms with Gasteiger partial charge >= 0.3 is 5.97 Å². The van der Waals surface area contributed by atoms with E-state index in [2.05, 4.69) is 4.74 Å². The SMILES string of the molecule is COC(=O)COC1CC(C)OC(C)C1. The average Bonchev–Trinajstić information content (AvgIpc) is 2.12. The lowest BCUT2D eigenvalue weighted by Gasteiger charge is -2.31. The Balaban J connectivity index is 2.26. The van der Waals surface area contributed by atoms with Crippen molar-refractivity contribution in [2.45, 2.75) is 45.0 Å². The Bertz CT molecular complexity index is 183. The summed E-state index contributed by atoms with van der Waals surface area (Å²) in [6.07, 6.45) is 2.23. The third-order valence-corrected chi connectivity index (χ3v) is 2.32. The number of hydrogen-bond donors (Lipinski definition) is 0. The topological polar surface area (TPSA) is 44.8 Å². The van der Waals surface area contributed by atoms with Gasteiger partial charge in [0.1, 0.15) is 6.61 Å². The van der Waals surface area contributed by atoms with E-state index in [0.717, 1.165) is 12.8 Å². The highest BCUT2D eigenvalue weighted by atomic mass is 16.6. The van der Waals surface area contributed by atoms with Crippen LogP contribution in [0.2, 0.25) is 0 Å². The number of ether oxygens (including phenoxy) is 3. The van der Waals surface area contributed by atoms with E-state index in [0.29, 0.717) is 0 Å². The van der Waals surface area contributed by atoms with Gasteiger partial charge in [-0.15, -0.1) is 0 Å². The van der Waals surface area contributed by atoms with Crippen LogP contribution in [0.3, 0.4) is 0 Å². The molecule has 82 valence electrons. The zero-order chi connectivity index (χ0) is 10.6. The lowest BCUT2D eigenvalue weighted by atomic mass is 10.0. The molecule has 14 heavy (non-hydrogen) atoms. The summed E-state index contributed by atoms with van der Waals surface area (Å²) in [7, 11) is 1.36. The maximum absolute atomic E-state index is 10.8. The molecule has 1 aliphatic heterocycles. The Labute approximate surface area is 84.5 Å². The van der Waals surface area contributed by atoms with Crippen molar-refractivity contribution < 1.29 is 19.0 Å². The molecule has 0 aromatic rings. The summed E-state index contributed by atoms with van der Waals surface area (Å²) in [6, 6.07) is 0. The van der Waals surface area contributed by atoms with Crippen LogP contribution in [0.25, 0.3) is 0 Å². The minimum atomic E-state index is -0.322. The summed E-state index contributed by atoms with van der Waals surface area (Å²) < 4.78 is 15.5. The minimum Gasteiger partial charge on any atom is -0.467 e. The Morgan fingerprint density at radius 1 is 1.36 bits per heavy atom. The van der Waals surface area contributed by atoms with Crippen LogP contribution in [-0.4, -0.2) is 38.0 Å². The predicted molar refractivity (Wildman–Crippen MR) is 51.0 cm³/mol. The van der Waals surface area contributed by atoms with Crippen molar-refractivity contribution >= 4 is 5.97 Å². The van der Waals surface area contributed by atoms with Gasteiger partial charge in [-0.05, 0) is 26.7 Å². The molecule has 1 heterocycles. The summed E-state index contributed by atoms with van der Waals surface area (Å²) in [5.74, 6) is -0.322. The van der Waals surface area contributed by atoms with Crippen LogP contribution in [0.4, 0.5) is 0 Å². The molecule has 4 nitrogen and oxygen atoms in total. The second-order valence-electron chi connectivity index (χ2n) is 3.74. The van der Waals surface area contributed by atoms with Crippen molar-refractivity contribution in [2.24, 2.45) is 0 Å². The van der Waals surface area contributed by atoms with Crippen LogP contribution in [-0.2, 0) is 19.0 Å². The third kappa shape index (κ3) is 3.64. The first-order valence-corrected chi connectivity index (χ1v) is 4.95. The molecule has 0 radical (unpaired) electrons. The normalized spacial score (nSPS) is 32.6. The lowest BCUT2D eigenvalue weighted by molar-refractivity contribution is -0.154. The third-order valence-electron chi connectivity index (χ3n) is 2.32. The molecule has 0 aromatic carbocycles. The van der Waals surface area contributed by atoms with E-state index in [1.165, 1.54) is 7.11 Å². The molecule has 0 aliphatic carbocycles. The van der Waals surface area contributed by atoms with Crippen LogP contribution >= 0.6 is 0 Å². The Morgan fingerprint density at radius 2 is 1.93 bits per heavy atom. The number of hydrogen-bond acceptors (Lipinski definition) is 4. The highest BCUT2D eigenvalue weighted by Gasteiger charge is 2.25. The summed E-state index contributed by atoms with van der Waals surface area (Å²) in [6.45, 7) is 4.08. The van der Waals surface area contributed by atoms with Gasteiger partial charge in [0.05, 0.1) is 25.4 Å². The number of rotatable bonds is 3. The fourth-order valence-electron chi connectivity index (χ4n) is 1.73. The van der Waals surface area contributed by atoms with Gasteiger partial charge in [-0.3, -0.25) is 0 Å². The molecule has 1 saturated heterocycles. The smallest absolute Gasteiger partial charge is 0.331 e. The largest absolute Gasteiger partial charge is 0.467 e. The molecular formula is C10H18O4.